The number of rotatable bonds is 4. The Bertz CT molecular complexity index is 1780. The molecule has 0 unspecified atom stereocenters. The number of aryl methyl sites for hydroxylation is 2. The average Bonchev–Trinajstić information content (AvgIpc) is 3.39. The van der Waals surface area contributed by atoms with Crippen LogP contribution in [0.25, 0.3) is 66.3 Å². The Morgan fingerprint density at radius 2 is 0.667 bits per heavy atom. The Morgan fingerprint density at radius 3 is 1.05 bits per heavy atom. The summed E-state index contributed by atoms with van der Waals surface area (Å²) in [6, 6.07) is 48.4. The van der Waals surface area contributed by atoms with Crippen molar-refractivity contribution in [3.8, 4) is 44.5 Å². The van der Waals surface area contributed by atoms with Gasteiger partial charge in [-0.2, -0.15) is 0 Å². The predicted molar refractivity (Wildman–Crippen MR) is 167 cm³/mol. The van der Waals surface area contributed by atoms with Gasteiger partial charge in [-0.15, -0.1) is 0 Å². The number of H-pyrrole nitrogens is 1. The van der Waals surface area contributed by atoms with Crippen LogP contribution < -0.4 is 0 Å². The summed E-state index contributed by atoms with van der Waals surface area (Å²) in [4.78, 5) is 3.96. The number of hydrogen-bond donors (Lipinski definition) is 1. The van der Waals surface area contributed by atoms with Gasteiger partial charge in [0.25, 0.3) is 0 Å². The lowest BCUT2D eigenvalue weighted by molar-refractivity contribution is 1.46. The lowest BCUT2D eigenvalue weighted by Crippen LogP contribution is -1.86. The molecule has 0 aliphatic carbocycles. The first-order valence-electron chi connectivity index (χ1n) is 13.5. The summed E-state index contributed by atoms with van der Waals surface area (Å²) in [5, 5.41) is 2.53. The van der Waals surface area contributed by atoms with Crippen LogP contribution in [0.15, 0.2) is 133 Å². The van der Waals surface area contributed by atoms with Crippen LogP contribution in [0.2, 0.25) is 0 Å². The first-order valence-corrected chi connectivity index (χ1v) is 13.5. The maximum atomic E-state index is 3.96. The second-order valence-corrected chi connectivity index (χ2v) is 10.4. The molecule has 1 heterocycles. The zero-order valence-corrected chi connectivity index (χ0v) is 22.2. The van der Waals surface area contributed by atoms with Crippen molar-refractivity contribution in [3.05, 3.63) is 145 Å². The number of hydrogen-bond acceptors (Lipinski definition) is 0. The van der Waals surface area contributed by atoms with Crippen molar-refractivity contribution < 1.29 is 0 Å². The Morgan fingerprint density at radius 1 is 0.333 bits per heavy atom. The highest BCUT2D eigenvalue weighted by atomic mass is 14.7. The molecule has 0 bridgehead atoms. The summed E-state index contributed by atoms with van der Waals surface area (Å²) in [5.41, 5.74) is 14.7. The molecular formula is C38H29N. The maximum Gasteiger partial charge on any atom is 0.0551 e. The van der Waals surface area contributed by atoms with Crippen LogP contribution in [0.1, 0.15) is 11.1 Å². The SMILES string of the molecule is Cc1ccc(-c2ccc(-c3ccccc3)c3c2[nH]c2c(-c4ccc(C)cc4)ccc(-c4ccccc4)c23)cc1. The number of nitrogens with one attached hydrogen (secondary N) is 1. The molecule has 0 spiro atoms. The third kappa shape index (κ3) is 4.04. The van der Waals surface area contributed by atoms with Gasteiger partial charge in [0, 0.05) is 21.9 Å². The van der Waals surface area contributed by atoms with E-state index in [1.807, 2.05) is 0 Å². The molecule has 39 heavy (non-hydrogen) atoms. The molecule has 6 aromatic carbocycles. The lowest BCUT2D eigenvalue weighted by Gasteiger charge is -2.12. The van der Waals surface area contributed by atoms with E-state index >= 15 is 0 Å². The van der Waals surface area contributed by atoms with E-state index in [4.69, 9.17) is 0 Å². The minimum Gasteiger partial charge on any atom is -0.353 e. The molecule has 7 aromatic rings. The van der Waals surface area contributed by atoms with Crippen molar-refractivity contribution in [1.29, 1.82) is 0 Å². The second-order valence-electron chi connectivity index (χ2n) is 10.4. The number of aromatic nitrogens is 1. The van der Waals surface area contributed by atoms with Gasteiger partial charge in [-0.3, -0.25) is 0 Å². The molecule has 0 fully saturated rings. The van der Waals surface area contributed by atoms with Gasteiger partial charge in [-0.1, -0.05) is 145 Å². The van der Waals surface area contributed by atoms with Crippen molar-refractivity contribution in [2.24, 2.45) is 0 Å². The average molecular weight is 500 g/mol. The molecule has 186 valence electrons. The van der Waals surface area contributed by atoms with Crippen LogP contribution >= 0.6 is 0 Å². The Kier molecular flexibility index (Phi) is 5.64. The normalized spacial score (nSPS) is 11.3. The minimum absolute atomic E-state index is 1.17. The highest BCUT2D eigenvalue weighted by molar-refractivity contribution is 6.24. The summed E-state index contributed by atoms with van der Waals surface area (Å²) in [7, 11) is 0. The highest BCUT2D eigenvalue weighted by Crippen LogP contribution is 2.45. The van der Waals surface area contributed by atoms with Gasteiger partial charge in [0.05, 0.1) is 11.0 Å². The molecular weight excluding hydrogens is 470 g/mol. The van der Waals surface area contributed by atoms with E-state index in [-0.39, 0.29) is 0 Å². The van der Waals surface area contributed by atoms with Gasteiger partial charge < -0.3 is 4.98 Å². The molecule has 1 N–H and O–H groups in total. The molecule has 0 saturated heterocycles. The molecule has 7 rings (SSSR count). The summed E-state index contributed by atoms with van der Waals surface area (Å²) in [6.07, 6.45) is 0. The van der Waals surface area contributed by atoms with Gasteiger partial charge in [0.2, 0.25) is 0 Å². The molecule has 0 aliphatic rings. The van der Waals surface area contributed by atoms with Gasteiger partial charge in [-0.05, 0) is 47.2 Å². The zero-order valence-electron chi connectivity index (χ0n) is 22.2. The minimum atomic E-state index is 1.17. The van der Waals surface area contributed by atoms with Crippen LogP contribution in [-0.2, 0) is 0 Å². The summed E-state index contributed by atoms with van der Waals surface area (Å²) < 4.78 is 0. The van der Waals surface area contributed by atoms with Crippen molar-refractivity contribution in [2.45, 2.75) is 13.8 Å². The van der Waals surface area contributed by atoms with Gasteiger partial charge >= 0.3 is 0 Å². The van der Waals surface area contributed by atoms with Gasteiger partial charge in [0.1, 0.15) is 0 Å². The van der Waals surface area contributed by atoms with Crippen LogP contribution in [0, 0.1) is 13.8 Å². The van der Waals surface area contributed by atoms with E-state index in [2.05, 4.69) is 152 Å². The fraction of sp³-hybridized carbons (Fsp3) is 0.0526. The maximum absolute atomic E-state index is 3.96. The van der Waals surface area contributed by atoms with Gasteiger partial charge in [-0.25, -0.2) is 0 Å². The molecule has 0 aliphatic heterocycles. The first-order chi connectivity index (χ1) is 19.2. The Balaban J connectivity index is 1.66. The molecule has 0 radical (unpaired) electrons. The Hall–Kier alpha value is -4.88. The summed E-state index contributed by atoms with van der Waals surface area (Å²) in [5.74, 6) is 0. The Labute approximate surface area is 229 Å². The monoisotopic (exact) mass is 499 g/mol. The summed E-state index contributed by atoms with van der Waals surface area (Å²) >= 11 is 0. The van der Waals surface area contributed by atoms with Crippen molar-refractivity contribution in [2.75, 3.05) is 0 Å². The lowest BCUT2D eigenvalue weighted by atomic mass is 9.90. The highest BCUT2D eigenvalue weighted by Gasteiger charge is 2.20. The standard InChI is InChI=1S/C38H29N/c1-25-13-17-29(18-14-25)33-23-21-31(27-9-5-3-6-10-27)35-36-32(28-11-7-4-8-12-28)22-24-34(38(36)39-37(33)35)30-19-15-26(2)16-20-30/h3-24,39H,1-2H3. The molecule has 1 nitrogen and oxygen atoms in total. The van der Waals surface area contributed by atoms with Crippen LogP contribution in [0.4, 0.5) is 0 Å². The third-order valence-corrected chi connectivity index (χ3v) is 7.81. The zero-order chi connectivity index (χ0) is 26.3. The largest absolute Gasteiger partial charge is 0.353 e. The number of benzene rings is 6. The smallest absolute Gasteiger partial charge is 0.0551 e. The molecule has 0 saturated carbocycles. The number of fused-ring (bicyclic) bond motifs is 3. The van der Waals surface area contributed by atoms with Gasteiger partial charge in [0.15, 0.2) is 0 Å². The van der Waals surface area contributed by atoms with Crippen molar-refractivity contribution in [1.82, 2.24) is 4.98 Å². The topological polar surface area (TPSA) is 15.8 Å². The third-order valence-electron chi connectivity index (χ3n) is 7.81. The summed E-state index contributed by atoms with van der Waals surface area (Å²) in [6.45, 7) is 4.28. The quantitative estimate of drug-likeness (QED) is 0.248. The van der Waals surface area contributed by atoms with Crippen molar-refractivity contribution >= 4 is 21.8 Å². The fourth-order valence-corrected chi connectivity index (χ4v) is 5.77. The van der Waals surface area contributed by atoms with Crippen LogP contribution in [0.5, 0.6) is 0 Å². The van der Waals surface area contributed by atoms with Crippen molar-refractivity contribution in [3.63, 3.8) is 0 Å². The van der Waals surface area contributed by atoms with E-state index in [1.54, 1.807) is 0 Å². The van der Waals surface area contributed by atoms with E-state index in [9.17, 15) is 0 Å². The van der Waals surface area contributed by atoms with Crippen LogP contribution in [0.3, 0.4) is 0 Å². The first kappa shape index (κ1) is 23.3. The molecule has 1 heteroatoms. The fourth-order valence-electron chi connectivity index (χ4n) is 5.77. The van der Waals surface area contributed by atoms with E-state index < -0.39 is 0 Å². The van der Waals surface area contributed by atoms with E-state index in [0.29, 0.717) is 0 Å². The van der Waals surface area contributed by atoms with Crippen LogP contribution in [-0.4, -0.2) is 4.98 Å². The molecule has 0 atom stereocenters. The molecule has 0 amide bonds. The molecule has 1 aromatic heterocycles. The van der Waals surface area contributed by atoms with E-state index in [0.717, 1.165) is 0 Å². The predicted octanol–water partition coefficient (Wildman–Crippen LogP) is 10.6. The van der Waals surface area contributed by atoms with E-state index in [1.165, 1.54) is 77.4 Å². The second kappa shape index (κ2) is 9.45. The number of aromatic amines is 1.